The number of carbonyl (C=O) groups is 2. The van der Waals surface area contributed by atoms with Gasteiger partial charge in [0.25, 0.3) is 5.91 Å². The Morgan fingerprint density at radius 1 is 1.12 bits per heavy atom. The summed E-state index contributed by atoms with van der Waals surface area (Å²) >= 11 is 0. The number of hydrogen-bond acceptors (Lipinski definition) is 5. The number of unbranched alkanes of at least 4 members (excludes halogenated alkanes) is 2. The topological polar surface area (TPSA) is 168 Å². The van der Waals surface area contributed by atoms with Crippen LogP contribution in [0.25, 0.3) is 10.8 Å². The van der Waals surface area contributed by atoms with Gasteiger partial charge in [0.1, 0.15) is 11.9 Å². The number of nitrogens with two attached hydrogens (primary N) is 1. The van der Waals surface area contributed by atoms with E-state index in [9.17, 15) is 9.59 Å². The largest absolute Gasteiger partial charge is 0.489 e. The molecule has 0 fully saturated rings. The number of carbonyl (C=O) groups excluding carboxylic acids is 2. The first kappa shape index (κ1) is 27.9. The van der Waals surface area contributed by atoms with Gasteiger partial charge in [-0.2, -0.15) is 5.48 Å². The molecule has 0 aliphatic rings. The number of benzene rings is 2. The normalized spacial score (nSPS) is 11.8. The van der Waals surface area contributed by atoms with E-state index in [-0.39, 0.29) is 6.10 Å². The first-order valence-corrected chi connectivity index (χ1v) is 11.6. The van der Waals surface area contributed by atoms with E-state index in [0.717, 1.165) is 48.6 Å². The molecular weight excluding hydrogens is 451 g/mol. The van der Waals surface area contributed by atoms with E-state index in [1.807, 2.05) is 35.8 Å². The molecule has 0 bridgehead atoms. The average molecular weight is 480 g/mol. The van der Waals surface area contributed by atoms with Gasteiger partial charge in [0, 0.05) is 17.9 Å². The summed E-state index contributed by atoms with van der Waals surface area (Å²) in [5.74, 6) is 0.360. The van der Waals surface area contributed by atoms with Crippen LogP contribution in [0.15, 0.2) is 67.3 Å². The molecule has 0 aromatic heterocycles. The van der Waals surface area contributed by atoms with Gasteiger partial charge < -0.3 is 30.0 Å². The Kier molecular flexibility index (Phi) is 12.5. The van der Waals surface area contributed by atoms with Crippen molar-refractivity contribution in [2.24, 2.45) is 5.73 Å². The zero-order valence-corrected chi connectivity index (χ0v) is 18.9. The van der Waals surface area contributed by atoms with Gasteiger partial charge in [-0.3, -0.25) is 4.79 Å². The lowest BCUT2D eigenvalue weighted by Crippen LogP contribution is -2.28. The lowest BCUT2D eigenvalue weighted by Gasteiger charge is -2.19. The Balaban J connectivity index is 0.000000981. The van der Waals surface area contributed by atoms with Gasteiger partial charge in [0.2, 0.25) is 0 Å². The predicted octanol–water partition coefficient (Wildman–Crippen LogP) is 3.48. The molecule has 2 rings (SSSR count). The molecule has 1 atom stereocenters. The minimum Gasteiger partial charge on any atom is -0.489 e. The van der Waals surface area contributed by atoms with E-state index in [2.05, 4.69) is 29.6 Å². The van der Waals surface area contributed by atoms with Crippen molar-refractivity contribution < 1.29 is 38.4 Å². The number of allylic oxidation sites excluding steroid dienone is 1. The maximum Gasteiger partial charge on any atom is 0.466 e. The molecule has 0 heterocycles. The van der Waals surface area contributed by atoms with Crippen LogP contribution in [0.2, 0.25) is 0 Å². The molecule has 6 N–H and O–H groups in total. The second-order valence-electron chi connectivity index (χ2n) is 6.83. The fraction of sp³-hybridized carbons (Fsp3) is 0.273. The van der Waals surface area contributed by atoms with Gasteiger partial charge in [-0.1, -0.05) is 48.6 Å². The van der Waals surface area contributed by atoms with Crippen molar-refractivity contribution in [1.82, 2.24) is 5.48 Å². The Labute approximate surface area is 191 Å². The number of hydroxylamine groups is 1. The fourth-order valence-electron chi connectivity index (χ4n) is 2.85. The predicted molar refractivity (Wildman–Crippen MR) is 124 cm³/mol. The summed E-state index contributed by atoms with van der Waals surface area (Å²) in [6.07, 6.45) is 8.18. The van der Waals surface area contributed by atoms with Crippen molar-refractivity contribution in [3.05, 3.63) is 67.3 Å². The van der Waals surface area contributed by atoms with E-state index in [1.165, 1.54) is 6.08 Å². The second-order valence-corrected chi connectivity index (χ2v) is 7.86. The van der Waals surface area contributed by atoms with Crippen LogP contribution in [0.3, 0.4) is 0 Å². The number of ether oxygens (including phenoxy) is 1. The van der Waals surface area contributed by atoms with E-state index < -0.39 is 19.8 Å². The third-order valence-corrected chi connectivity index (χ3v) is 4.14. The lowest BCUT2D eigenvalue weighted by molar-refractivity contribution is -0.124. The zero-order chi connectivity index (χ0) is 24.7. The number of nitrogens with one attached hydrogen (secondary N) is 1. The van der Waals surface area contributed by atoms with Crippen molar-refractivity contribution in [2.75, 3.05) is 0 Å². The summed E-state index contributed by atoms with van der Waals surface area (Å²) < 4.78 is 15.1. The SMILES string of the molecule is C=CCC(CCCCC=CC(=O)NOC(N)=O)Oc1cccc2ccccc12.O=P(O)(O)O. The van der Waals surface area contributed by atoms with Crippen molar-refractivity contribution >= 4 is 30.6 Å². The van der Waals surface area contributed by atoms with Crippen molar-refractivity contribution in [2.45, 2.75) is 38.2 Å². The molecule has 0 aliphatic heterocycles. The second kappa shape index (κ2) is 14.8. The van der Waals surface area contributed by atoms with E-state index >= 15 is 0 Å². The first-order valence-electron chi connectivity index (χ1n) is 10.1. The molecule has 2 aromatic carbocycles. The Morgan fingerprint density at radius 3 is 2.45 bits per heavy atom. The summed E-state index contributed by atoms with van der Waals surface area (Å²) in [5.41, 5.74) is 6.67. The zero-order valence-electron chi connectivity index (χ0n) is 18.0. The molecule has 0 saturated heterocycles. The number of phosphoric acid groups is 1. The van der Waals surface area contributed by atoms with Crippen molar-refractivity contribution in [3.63, 3.8) is 0 Å². The van der Waals surface area contributed by atoms with Crippen LogP contribution in [0.4, 0.5) is 4.79 Å². The van der Waals surface area contributed by atoms with Crippen molar-refractivity contribution in [1.29, 1.82) is 0 Å². The van der Waals surface area contributed by atoms with Crippen LogP contribution in [0.1, 0.15) is 32.1 Å². The van der Waals surface area contributed by atoms with Gasteiger partial charge >= 0.3 is 13.9 Å². The molecule has 0 saturated carbocycles. The Bertz CT molecular complexity index is 976. The van der Waals surface area contributed by atoms with Crippen LogP contribution in [-0.4, -0.2) is 32.8 Å². The standard InChI is InChI=1S/C22H26N2O4.H3O4P/c1-2-10-18(13-5-3-4-6-16-21(25)24-28-22(23)26)27-20-15-9-12-17-11-7-8-14-19(17)20;1-5(2,3)4/h2,6-9,11-12,14-16,18H,1,3-5,10,13H2,(H2,23,26)(H,24,25);(H3,1,2,3,4). The molecule has 2 amide bonds. The molecule has 2 aromatic rings. The fourth-order valence-corrected chi connectivity index (χ4v) is 2.85. The highest BCUT2D eigenvalue weighted by molar-refractivity contribution is 7.45. The first-order chi connectivity index (χ1) is 15.6. The van der Waals surface area contributed by atoms with Gasteiger partial charge in [-0.15, -0.1) is 6.58 Å². The molecule has 11 heteroatoms. The van der Waals surface area contributed by atoms with E-state index in [4.69, 9.17) is 29.7 Å². The van der Waals surface area contributed by atoms with Gasteiger partial charge in [-0.25, -0.2) is 9.36 Å². The monoisotopic (exact) mass is 480 g/mol. The number of hydrogen-bond donors (Lipinski definition) is 5. The highest BCUT2D eigenvalue weighted by Gasteiger charge is 2.11. The Hall–Kier alpha value is -3.17. The highest BCUT2D eigenvalue weighted by Crippen LogP contribution is 2.27. The molecule has 180 valence electrons. The minimum absolute atomic E-state index is 0.0551. The molecule has 33 heavy (non-hydrogen) atoms. The molecule has 0 aliphatic carbocycles. The molecule has 0 radical (unpaired) electrons. The number of rotatable bonds is 10. The van der Waals surface area contributed by atoms with Crippen LogP contribution in [0, 0.1) is 0 Å². The molecule has 1 unspecified atom stereocenters. The maximum absolute atomic E-state index is 11.3. The van der Waals surface area contributed by atoms with Crippen LogP contribution in [-0.2, 0) is 14.2 Å². The maximum atomic E-state index is 11.3. The van der Waals surface area contributed by atoms with Crippen molar-refractivity contribution in [3.8, 4) is 5.75 Å². The molecular formula is C22H29N2O8P. The smallest absolute Gasteiger partial charge is 0.466 e. The molecule has 10 nitrogen and oxygen atoms in total. The molecule has 0 spiro atoms. The summed E-state index contributed by atoms with van der Waals surface area (Å²) in [5, 5.41) is 2.26. The summed E-state index contributed by atoms with van der Waals surface area (Å²) in [4.78, 5) is 47.5. The number of primary amides is 1. The third-order valence-electron chi connectivity index (χ3n) is 4.14. The van der Waals surface area contributed by atoms with Gasteiger partial charge in [0.15, 0.2) is 0 Å². The lowest BCUT2D eigenvalue weighted by atomic mass is 10.1. The third kappa shape index (κ3) is 13.8. The van der Waals surface area contributed by atoms with Gasteiger partial charge in [-0.05, 0) is 37.1 Å². The number of amides is 2. The van der Waals surface area contributed by atoms with Crippen LogP contribution in [0.5, 0.6) is 5.75 Å². The minimum atomic E-state index is -4.64. The van der Waals surface area contributed by atoms with E-state index in [1.54, 1.807) is 6.08 Å². The van der Waals surface area contributed by atoms with Gasteiger partial charge in [0.05, 0.1) is 0 Å². The average Bonchev–Trinajstić information content (AvgIpc) is 2.74. The summed E-state index contributed by atoms with van der Waals surface area (Å²) in [6, 6.07) is 14.2. The van der Waals surface area contributed by atoms with E-state index in [0.29, 0.717) is 0 Å². The quantitative estimate of drug-likeness (QED) is 0.113. The number of fused-ring (bicyclic) bond motifs is 1. The van der Waals surface area contributed by atoms with Crippen LogP contribution < -0.4 is 16.0 Å². The summed E-state index contributed by atoms with van der Waals surface area (Å²) in [7, 11) is -4.64. The summed E-state index contributed by atoms with van der Waals surface area (Å²) in [6.45, 7) is 3.83. The highest BCUT2D eigenvalue weighted by atomic mass is 31.2. The Morgan fingerprint density at radius 2 is 1.79 bits per heavy atom. The van der Waals surface area contributed by atoms with Crippen LogP contribution >= 0.6 is 7.82 Å².